The van der Waals surface area contributed by atoms with Crippen LogP contribution in [0.5, 0.6) is 0 Å². The zero-order valence-corrected chi connectivity index (χ0v) is 59.7. The Bertz CT molecular complexity index is 2810. The maximum atomic E-state index is 15.7. The predicted octanol–water partition coefficient (Wildman–Crippen LogP) is 3.93. The molecule has 0 aromatic heterocycles. The summed E-state index contributed by atoms with van der Waals surface area (Å²) < 4.78 is 269. The van der Waals surface area contributed by atoms with Gasteiger partial charge in [-0.25, -0.2) is 0 Å². The number of carbonyl (C=O) groups is 13. The van der Waals surface area contributed by atoms with Crippen molar-refractivity contribution < 1.29 is 200 Å². The van der Waals surface area contributed by atoms with E-state index in [9.17, 15) is 88.7 Å². The van der Waals surface area contributed by atoms with Gasteiger partial charge < -0.3 is 90.6 Å². The molecule has 3 heterocycles. The lowest BCUT2D eigenvalue weighted by Crippen LogP contribution is -2.70. The van der Waals surface area contributed by atoms with Gasteiger partial charge in [0.2, 0.25) is 5.91 Å². The van der Waals surface area contributed by atoms with E-state index in [1.807, 2.05) is 0 Å². The van der Waals surface area contributed by atoms with Crippen LogP contribution in [-0.2, 0) is 148 Å². The molecule has 0 bridgehead atoms. The highest BCUT2D eigenvalue weighted by Gasteiger charge is 2.89. The fourth-order valence-corrected chi connectivity index (χ4v) is 11.0. The van der Waals surface area contributed by atoms with E-state index < -0.39 is 288 Å². The van der Waals surface area contributed by atoms with Crippen molar-refractivity contribution in [2.45, 2.75) is 231 Å². The number of ether oxygens (including phenoxy) is 18. The number of carbonyl (C=O) groups excluding carboxylic acids is 13. The average molecular weight is 1730 g/mol. The number of alkyl halides is 14. The Morgan fingerprint density at radius 1 is 0.353 bits per heavy atom. The molecule has 3 fully saturated rings. The third-order valence-electron chi connectivity index (χ3n) is 13.7. The van der Waals surface area contributed by atoms with Crippen LogP contribution in [0.1, 0.15) is 95.9 Å². The number of hydrogen-bond donors (Lipinski definition) is 1. The van der Waals surface area contributed by atoms with Crippen molar-refractivity contribution in [3.8, 4) is 0 Å². The average Bonchev–Trinajstić information content (AvgIpc) is 0.711. The molecule has 1 N–H and O–H groups in total. The SMILES string of the molecule is CC(=O)OC[C@H]1O[C@@H](OCC(CO[C@@H]2O[C@H](COC(C)=O)[C@@H](OC(C)=O)[C@H](OC(C)=O)[C@H]2OC(C)=O)(CO[C@@H]2O[C@H](COC(C)=O)[C@@H](OC(C)=O)[C@H](OC(C)=O)[C@H]2OC(C)=O)NC(=O)CC(I)CC(F)(F)C(F)(F)C(F)(F)C(F)(F)C(F)(F)C(F)(F)I)[C@H](OC(C)=O)[C@@H](OC(C)=O)[C@@H]1OC(C)=O. The van der Waals surface area contributed by atoms with Gasteiger partial charge in [-0.3, -0.25) is 62.3 Å². The van der Waals surface area contributed by atoms with Gasteiger partial charge in [-0.15, -0.1) is 0 Å². The largest absolute Gasteiger partial charge is 0.463 e. The Kier molecular flexibility index (Phi) is 32.5. The first-order valence-corrected chi connectivity index (χ1v) is 31.6. The van der Waals surface area contributed by atoms with Gasteiger partial charge in [0.05, 0.1) is 19.8 Å². The molecule has 46 heteroatoms. The number of rotatable bonds is 34. The summed E-state index contributed by atoms with van der Waals surface area (Å²) in [7, 11) is 0. The van der Waals surface area contributed by atoms with Gasteiger partial charge in [0, 0.05) is 122 Å². The highest BCUT2D eigenvalue weighted by atomic mass is 127. The van der Waals surface area contributed by atoms with Crippen molar-refractivity contribution >= 4 is 123 Å². The van der Waals surface area contributed by atoms with E-state index in [1.54, 1.807) is 0 Å². The van der Waals surface area contributed by atoms with Gasteiger partial charge in [0.15, 0.2) is 73.8 Å². The third kappa shape index (κ3) is 24.3. The van der Waals surface area contributed by atoms with Crippen LogP contribution in [0.2, 0.25) is 0 Å². The van der Waals surface area contributed by atoms with Crippen LogP contribution in [0, 0.1) is 0 Å². The summed E-state index contributed by atoms with van der Waals surface area (Å²) in [5.41, 5.74) is -3.14. The van der Waals surface area contributed by atoms with E-state index in [2.05, 4.69) is 5.32 Å². The second-order valence-corrected chi connectivity index (χ2v) is 25.6. The number of esters is 12. The molecule has 0 saturated carbocycles. The molecular weight excluding hydrogens is 1660 g/mol. The normalized spacial score (nSPS) is 26.0. The number of halogens is 14. The summed E-state index contributed by atoms with van der Waals surface area (Å²) >= 11 is -0.181. The first-order chi connectivity index (χ1) is 46.6. The Balaban J connectivity index is 2.62. The Labute approximate surface area is 596 Å². The van der Waals surface area contributed by atoms with Gasteiger partial charge in [-0.05, 0) is 0 Å². The van der Waals surface area contributed by atoms with Crippen LogP contribution < -0.4 is 5.32 Å². The highest BCUT2D eigenvalue weighted by molar-refractivity contribution is 14.1. The Morgan fingerprint density at radius 2 is 0.588 bits per heavy atom. The minimum atomic E-state index is -8.07. The minimum absolute atomic E-state index is 0.656. The molecule has 1 unspecified atom stereocenters. The first kappa shape index (κ1) is 89.7. The number of nitrogens with one attached hydrogen (secondary N) is 1. The lowest BCUT2D eigenvalue weighted by Gasteiger charge is -2.47. The lowest BCUT2D eigenvalue weighted by molar-refractivity contribution is -0.414. The van der Waals surface area contributed by atoms with Crippen molar-refractivity contribution in [2.75, 3.05) is 39.6 Å². The van der Waals surface area contributed by atoms with E-state index in [1.165, 1.54) is 0 Å². The van der Waals surface area contributed by atoms with E-state index >= 15 is 26.3 Å². The van der Waals surface area contributed by atoms with Crippen LogP contribution in [0.4, 0.5) is 52.7 Å². The van der Waals surface area contributed by atoms with Crippen molar-refractivity contribution in [1.82, 2.24) is 5.32 Å². The molecule has 0 aliphatic carbocycles. The maximum Gasteiger partial charge on any atom is 0.387 e. The summed E-state index contributed by atoms with van der Waals surface area (Å²) in [6, 6.07) is 0. The lowest BCUT2D eigenvalue weighted by atomic mass is 9.92. The molecule has 3 rings (SSSR count). The molecule has 582 valence electrons. The highest BCUT2D eigenvalue weighted by Crippen LogP contribution is 2.62. The van der Waals surface area contributed by atoms with Crippen molar-refractivity contribution in [2.24, 2.45) is 0 Å². The van der Waals surface area contributed by atoms with Crippen LogP contribution in [0.25, 0.3) is 0 Å². The van der Waals surface area contributed by atoms with Gasteiger partial charge in [0.1, 0.15) is 43.7 Å². The summed E-state index contributed by atoms with van der Waals surface area (Å²) in [5, 5.41) is 2.09. The topological polar surface area (TPSA) is 400 Å². The third-order valence-corrected chi connectivity index (χ3v) is 15.3. The van der Waals surface area contributed by atoms with E-state index in [-0.39, 0.29) is 0 Å². The molecule has 16 atom stereocenters. The zero-order valence-electron chi connectivity index (χ0n) is 55.3. The van der Waals surface area contributed by atoms with Gasteiger partial charge in [-0.2, -0.15) is 52.7 Å². The number of hydrogen-bond acceptors (Lipinski definition) is 31. The molecule has 32 nitrogen and oxygen atoms in total. The number of amides is 1. The van der Waals surface area contributed by atoms with Crippen molar-refractivity contribution in [3.05, 3.63) is 0 Å². The van der Waals surface area contributed by atoms with Gasteiger partial charge in [-0.1, -0.05) is 22.6 Å². The molecule has 102 heavy (non-hydrogen) atoms. The van der Waals surface area contributed by atoms with E-state index in [0.29, 0.717) is 22.6 Å². The molecule has 0 spiro atoms. The summed E-state index contributed by atoms with van der Waals surface area (Å²) in [5.74, 6) is -54.4. The molecular formula is C56H69F12I2NO31. The maximum absolute atomic E-state index is 15.7. The molecule has 0 aromatic carbocycles. The van der Waals surface area contributed by atoms with Crippen molar-refractivity contribution in [1.29, 1.82) is 0 Å². The first-order valence-electron chi connectivity index (χ1n) is 29.3. The fraction of sp³-hybridized carbons (Fsp3) is 0.768. The molecule has 0 radical (unpaired) electrons. The van der Waals surface area contributed by atoms with E-state index in [4.69, 9.17) is 85.3 Å². The smallest absolute Gasteiger partial charge is 0.387 e. The monoisotopic (exact) mass is 1730 g/mol. The molecule has 3 aliphatic rings. The summed E-state index contributed by atoms with van der Waals surface area (Å²) in [6.07, 6.45) is -37.1. The molecule has 0 aromatic rings. The minimum Gasteiger partial charge on any atom is -0.463 e. The van der Waals surface area contributed by atoms with Crippen molar-refractivity contribution in [3.63, 3.8) is 0 Å². The quantitative estimate of drug-likeness (QED) is 0.0313. The second-order valence-electron chi connectivity index (χ2n) is 22.5. The van der Waals surface area contributed by atoms with Crippen LogP contribution in [-0.4, -0.2) is 252 Å². The molecule has 3 aliphatic heterocycles. The van der Waals surface area contributed by atoms with Crippen LogP contribution >= 0.6 is 45.2 Å². The predicted molar refractivity (Wildman–Crippen MR) is 315 cm³/mol. The van der Waals surface area contributed by atoms with Gasteiger partial charge in [0.25, 0.3) is 0 Å². The summed E-state index contributed by atoms with van der Waals surface area (Å²) in [6.45, 7) is 1.60. The Hall–Kier alpha value is -6.51. The fourth-order valence-electron chi connectivity index (χ4n) is 9.76. The van der Waals surface area contributed by atoms with Crippen LogP contribution in [0.3, 0.4) is 0 Å². The Morgan fingerprint density at radius 3 is 0.824 bits per heavy atom. The van der Waals surface area contributed by atoms with Gasteiger partial charge >= 0.3 is 105 Å². The standard InChI is InChI=1S/C56H69F12I2NO31/c1-21(72)85-15-34-38(91-24(4)75)41(94-27(7)78)44(97-30(10)81)47(100-34)88-18-50(19-89-48-45(98-31(11)82)42(95-28(8)79)39(92-25(5)76)35(101-48)16-86-22(2)73,20-90-49-46(99-32(12)83)43(96-29(9)80)40(93-26(6)77)36(102-49)17-87-23(3)74)71-37(84)13-33(69)14-51(57,58)52(59,60)53(61,62)54(63,64)55(65,66)56(67,68)70/h33-36,38-49H,13-20H2,1-12H3,(H,71,84)/t33?,34-,35-,36-,38-,39-,40-,41+,42+,43+,44-,45-,46-,47-,48-,49-/m1/s1. The summed E-state index contributed by atoms with van der Waals surface area (Å²) in [4.78, 5) is 167. The molecule has 3 saturated heterocycles. The van der Waals surface area contributed by atoms with Crippen LogP contribution in [0.15, 0.2) is 0 Å². The molecule has 1 amide bonds. The second kappa shape index (κ2) is 37.0. The zero-order chi connectivity index (χ0) is 78.3. The van der Waals surface area contributed by atoms with E-state index in [0.717, 1.165) is 83.1 Å².